The van der Waals surface area contributed by atoms with Crippen molar-refractivity contribution >= 4 is 5.78 Å². The van der Waals surface area contributed by atoms with E-state index in [0.29, 0.717) is 6.42 Å². The minimum absolute atomic E-state index is 0.230. The number of nitrogens with one attached hydrogen (secondary N) is 1. The molecule has 2 atom stereocenters. The van der Waals surface area contributed by atoms with Crippen LogP contribution >= 0.6 is 0 Å². The van der Waals surface area contributed by atoms with E-state index in [4.69, 9.17) is 0 Å². The van der Waals surface area contributed by atoms with Gasteiger partial charge >= 0.3 is 0 Å². The smallest absolute Gasteiger partial charge is 0.163 e. The predicted octanol–water partition coefficient (Wildman–Crippen LogP) is 1.06. The van der Waals surface area contributed by atoms with Crippen molar-refractivity contribution in [3.05, 3.63) is 0 Å². The van der Waals surface area contributed by atoms with Gasteiger partial charge in [0, 0.05) is 12.5 Å². The average Bonchev–Trinajstić information content (AvgIpc) is 2.39. The van der Waals surface area contributed by atoms with E-state index in [2.05, 4.69) is 5.32 Å². The molecule has 0 aromatic carbocycles. The molecule has 1 saturated heterocycles. The van der Waals surface area contributed by atoms with Crippen LogP contribution in [-0.4, -0.2) is 24.5 Å². The molecule has 1 N–H and O–H groups in total. The number of hydrogen-bond acceptors (Lipinski definition) is 2. The summed E-state index contributed by atoms with van der Waals surface area (Å²) < 4.78 is 12.8. The molecule has 1 rings (SSSR count). The zero-order valence-electron chi connectivity index (χ0n) is 6.77. The molecule has 0 amide bonds. The summed E-state index contributed by atoms with van der Waals surface area (Å²) in [6.45, 7) is 2.27. The lowest BCUT2D eigenvalue weighted by atomic mass is 10.1. The number of halogens is 1. The molecule has 0 aliphatic carbocycles. The molecule has 3 heteroatoms. The Morgan fingerprint density at radius 1 is 1.82 bits per heavy atom. The Bertz CT molecular complexity index is 143. The second-order valence-electron chi connectivity index (χ2n) is 3.11. The van der Waals surface area contributed by atoms with Crippen molar-refractivity contribution in [3.8, 4) is 0 Å². The first-order chi connectivity index (χ1) is 5.20. The van der Waals surface area contributed by atoms with Crippen LogP contribution in [0.15, 0.2) is 0 Å². The maximum Gasteiger partial charge on any atom is 0.163 e. The largest absolute Gasteiger partial charge is 0.314 e. The van der Waals surface area contributed by atoms with E-state index < -0.39 is 6.17 Å². The van der Waals surface area contributed by atoms with Crippen LogP contribution in [0.25, 0.3) is 0 Å². The Hall–Kier alpha value is -0.440. The van der Waals surface area contributed by atoms with Crippen molar-refractivity contribution in [1.82, 2.24) is 5.32 Å². The molecular weight excluding hydrogens is 145 g/mol. The Morgan fingerprint density at radius 3 is 3.00 bits per heavy atom. The lowest BCUT2D eigenvalue weighted by molar-refractivity contribution is -0.122. The Balaban J connectivity index is 2.23. The fraction of sp³-hybridized carbons (Fsp3) is 0.875. The first-order valence-electron chi connectivity index (χ1n) is 4.08. The molecule has 0 saturated carbocycles. The van der Waals surface area contributed by atoms with Crippen molar-refractivity contribution in [1.29, 1.82) is 0 Å². The minimum Gasteiger partial charge on any atom is -0.314 e. The molecular formula is C8H14FNO. The van der Waals surface area contributed by atoms with Crippen molar-refractivity contribution in [2.45, 2.75) is 38.4 Å². The van der Waals surface area contributed by atoms with Gasteiger partial charge in [0.1, 0.15) is 0 Å². The number of rotatable bonds is 3. The highest BCUT2D eigenvalue weighted by molar-refractivity contribution is 5.80. The molecule has 0 bridgehead atoms. The number of ketones is 1. The normalized spacial score (nSPS) is 26.9. The van der Waals surface area contributed by atoms with Crippen LogP contribution in [0.3, 0.4) is 0 Å². The summed E-state index contributed by atoms with van der Waals surface area (Å²) in [5.41, 5.74) is 0. The van der Waals surface area contributed by atoms with Gasteiger partial charge in [-0.05, 0) is 26.3 Å². The standard InChI is InChI=1S/C8H14FNO/c1-6(11)8(9)5-7-3-2-4-10-7/h7-8,10H,2-5H2,1H3. The molecule has 2 nitrogen and oxygen atoms in total. The fourth-order valence-corrected chi connectivity index (χ4v) is 1.37. The van der Waals surface area contributed by atoms with Gasteiger partial charge in [-0.15, -0.1) is 0 Å². The van der Waals surface area contributed by atoms with Gasteiger partial charge in [0.05, 0.1) is 0 Å². The second-order valence-corrected chi connectivity index (χ2v) is 3.11. The summed E-state index contributed by atoms with van der Waals surface area (Å²) >= 11 is 0. The van der Waals surface area contributed by atoms with Crippen LogP contribution in [-0.2, 0) is 4.79 Å². The highest BCUT2D eigenvalue weighted by Gasteiger charge is 2.21. The van der Waals surface area contributed by atoms with E-state index in [1.54, 1.807) is 0 Å². The number of Topliss-reactive ketones (excluding diaryl/α,β-unsaturated/α-hetero) is 1. The first kappa shape index (κ1) is 8.65. The third-order valence-electron chi connectivity index (χ3n) is 2.09. The maximum absolute atomic E-state index is 12.8. The van der Waals surface area contributed by atoms with Crippen LogP contribution in [0, 0.1) is 0 Å². The number of hydrogen-bond donors (Lipinski definition) is 1. The molecule has 1 heterocycles. The quantitative estimate of drug-likeness (QED) is 0.667. The van der Waals surface area contributed by atoms with Crippen molar-refractivity contribution in [2.75, 3.05) is 6.54 Å². The SMILES string of the molecule is CC(=O)C(F)CC1CCCN1. The van der Waals surface area contributed by atoms with Crippen molar-refractivity contribution < 1.29 is 9.18 Å². The number of carbonyl (C=O) groups is 1. The van der Waals surface area contributed by atoms with E-state index in [-0.39, 0.29) is 11.8 Å². The molecule has 1 fully saturated rings. The molecule has 2 unspecified atom stereocenters. The molecule has 64 valence electrons. The van der Waals surface area contributed by atoms with Crippen molar-refractivity contribution in [3.63, 3.8) is 0 Å². The van der Waals surface area contributed by atoms with Crippen LogP contribution in [0.5, 0.6) is 0 Å². The molecule has 1 aliphatic rings. The van der Waals surface area contributed by atoms with Gasteiger partial charge in [0.15, 0.2) is 12.0 Å². The highest BCUT2D eigenvalue weighted by Crippen LogP contribution is 2.13. The van der Waals surface area contributed by atoms with Gasteiger partial charge in [-0.3, -0.25) is 4.79 Å². The van der Waals surface area contributed by atoms with Gasteiger partial charge < -0.3 is 5.32 Å². The Kier molecular flexibility index (Phi) is 3.00. The zero-order chi connectivity index (χ0) is 8.27. The van der Waals surface area contributed by atoms with Crippen LogP contribution < -0.4 is 5.32 Å². The second kappa shape index (κ2) is 3.81. The first-order valence-corrected chi connectivity index (χ1v) is 4.08. The van der Waals surface area contributed by atoms with Crippen LogP contribution in [0.4, 0.5) is 4.39 Å². The van der Waals surface area contributed by atoms with Gasteiger partial charge in [0.2, 0.25) is 0 Å². The number of alkyl halides is 1. The summed E-state index contributed by atoms with van der Waals surface area (Å²) in [5.74, 6) is -0.348. The monoisotopic (exact) mass is 159 g/mol. The van der Waals surface area contributed by atoms with E-state index >= 15 is 0 Å². The lowest BCUT2D eigenvalue weighted by Crippen LogP contribution is -2.27. The van der Waals surface area contributed by atoms with Crippen molar-refractivity contribution in [2.24, 2.45) is 0 Å². The van der Waals surface area contributed by atoms with E-state index in [9.17, 15) is 9.18 Å². The van der Waals surface area contributed by atoms with Gasteiger partial charge in [-0.25, -0.2) is 4.39 Å². The molecule has 0 spiro atoms. The van der Waals surface area contributed by atoms with Gasteiger partial charge in [-0.1, -0.05) is 0 Å². The summed E-state index contributed by atoms with van der Waals surface area (Å²) in [5, 5.41) is 3.15. The number of carbonyl (C=O) groups excluding carboxylic acids is 1. The molecule has 0 aromatic rings. The Morgan fingerprint density at radius 2 is 2.55 bits per heavy atom. The summed E-state index contributed by atoms with van der Waals surface area (Å²) in [6, 6.07) is 0.230. The topological polar surface area (TPSA) is 29.1 Å². The van der Waals surface area contributed by atoms with E-state index in [1.165, 1.54) is 6.92 Å². The lowest BCUT2D eigenvalue weighted by Gasteiger charge is -2.10. The summed E-state index contributed by atoms with van der Waals surface area (Å²) in [4.78, 5) is 10.5. The third-order valence-corrected chi connectivity index (χ3v) is 2.09. The van der Waals surface area contributed by atoms with Crippen LogP contribution in [0.2, 0.25) is 0 Å². The Labute approximate surface area is 66.2 Å². The minimum atomic E-state index is -1.26. The third kappa shape index (κ3) is 2.58. The molecule has 1 aliphatic heterocycles. The zero-order valence-corrected chi connectivity index (χ0v) is 6.77. The maximum atomic E-state index is 12.8. The van der Waals surface area contributed by atoms with E-state index in [0.717, 1.165) is 19.4 Å². The van der Waals surface area contributed by atoms with Crippen LogP contribution in [0.1, 0.15) is 26.2 Å². The fourth-order valence-electron chi connectivity index (χ4n) is 1.37. The summed E-state index contributed by atoms with van der Waals surface area (Å²) in [7, 11) is 0. The molecule has 0 aromatic heterocycles. The van der Waals surface area contributed by atoms with E-state index in [1.807, 2.05) is 0 Å². The summed E-state index contributed by atoms with van der Waals surface area (Å²) in [6.07, 6.45) is 1.21. The molecule has 0 radical (unpaired) electrons. The highest BCUT2D eigenvalue weighted by atomic mass is 19.1. The predicted molar refractivity (Wildman–Crippen MR) is 41.2 cm³/mol. The van der Waals surface area contributed by atoms with Gasteiger partial charge in [0.25, 0.3) is 0 Å². The average molecular weight is 159 g/mol. The molecule has 11 heavy (non-hydrogen) atoms. The van der Waals surface area contributed by atoms with Gasteiger partial charge in [-0.2, -0.15) is 0 Å².